The summed E-state index contributed by atoms with van der Waals surface area (Å²) in [6.45, 7) is 0. The fraction of sp³-hybridized carbons (Fsp3) is 0. The predicted octanol–water partition coefficient (Wildman–Crippen LogP) is 3.00. The van der Waals surface area contributed by atoms with Crippen LogP contribution in [0.5, 0.6) is 0 Å². The summed E-state index contributed by atoms with van der Waals surface area (Å²) in [6.07, 6.45) is 1.33. The van der Waals surface area contributed by atoms with Gasteiger partial charge in [-0.25, -0.2) is 9.66 Å². The predicted molar refractivity (Wildman–Crippen MR) is 91.5 cm³/mol. The molecule has 4 aromatic rings. The van der Waals surface area contributed by atoms with Crippen molar-refractivity contribution in [2.45, 2.75) is 0 Å². The van der Waals surface area contributed by atoms with E-state index in [9.17, 15) is 9.59 Å². The summed E-state index contributed by atoms with van der Waals surface area (Å²) in [4.78, 5) is 29.5. The van der Waals surface area contributed by atoms with E-state index >= 15 is 0 Å². The molecule has 0 aliphatic carbocycles. The number of nitrogens with one attached hydrogen (secondary N) is 1. The highest BCUT2D eigenvalue weighted by Gasteiger charge is 2.12. The molecule has 5 nitrogen and oxygen atoms in total. The second kappa shape index (κ2) is 5.33. The summed E-state index contributed by atoms with van der Waals surface area (Å²) in [7, 11) is 0. The maximum atomic E-state index is 12.4. The van der Waals surface area contributed by atoms with E-state index < -0.39 is 0 Å². The van der Waals surface area contributed by atoms with Crippen LogP contribution in [-0.4, -0.2) is 15.6 Å². The fourth-order valence-electron chi connectivity index (χ4n) is 2.41. The zero-order chi connectivity index (χ0) is 15.8. The van der Waals surface area contributed by atoms with Crippen LogP contribution in [0.15, 0.2) is 65.7 Å². The van der Waals surface area contributed by atoms with Gasteiger partial charge in [-0.2, -0.15) is 0 Å². The first-order valence-electron chi connectivity index (χ1n) is 6.99. The molecule has 112 valence electrons. The number of nitrogens with zero attached hydrogens (tertiary/aromatic N) is 2. The highest BCUT2D eigenvalue weighted by atomic mass is 32.1. The topological polar surface area (TPSA) is 64.0 Å². The van der Waals surface area contributed by atoms with Crippen LogP contribution in [0.4, 0.5) is 0 Å². The number of carbonyl (C=O) groups excluding carboxylic acids is 1. The summed E-state index contributed by atoms with van der Waals surface area (Å²) in [5.41, 5.74) is 2.89. The third kappa shape index (κ3) is 2.39. The van der Waals surface area contributed by atoms with Crippen LogP contribution in [0.25, 0.3) is 21.0 Å². The van der Waals surface area contributed by atoms with Gasteiger partial charge in [-0.3, -0.25) is 15.0 Å². The van der Waals surface area contributed by atoms with E-state index in [1.165, 1.54) is 17.7 Å². The first kappa shape index (κ1) is 13.7. The van der Waals surface area contributed by atoms with Crippen LogP contribution in [0.3, 0.4) is 0 Å². The lowest BCUT2D eigenvalue weighted by molar-refractivity contribution is 0.101. The van der Waals surface area contributed by atoms with Crippen molar-refractivity contribution in [1.29, 1.82) is 0 Å². The molecular weight excluding hydrogens is 310 g/mol. The Hall–Kier alpha value is -2.99. The Labute approximate surface area is 134 Å². The third-order valence-electron chi connectivity index (χ3n) is 3.54. The molecule has 0 fully saturated rings. The van der Waals surface area contributed by atoms with E-state index in [1.54, 1.807) is 18.2 Å². The Morgan fingerprint density at radius 2 is 1.87 bits per heavy atom. The number of fused-ring (bicyclic) bond motifs is 2. The molecule has 0 radical (unpaired) electrons. The smallest absolute Gasteiger partial charge is 0.267 e. The third-order valence-corrected chi connectivity index (χ3v) is 4.65. The molecular formula is C17H11N3O2S. The molecule has 2 heterocycles. The summed E-state index contributed by atoms with van der Waals surface area (Å²) >= 11 is 1.39. The summed E-state index contributed by atoms with van der Waals surface area (Å²) in [6, 6.07) is 16.6. The Bertz CT molecular complexity index is 1060. The van der Waals surface area contributed by atoms with Crippen LogP contribution in [-0.2, 0) is 0 Å². The van der Waals surface area contributed by atoms with E-state index in [4.69, 9.17) is 0 Å². The number of carbonyl (C=O) groups is 1. The minimum absolute atomic E-state index is 0.301. The Morgan fingerprint density at radius 3 is 2.74 bits per heavy atom. The van der Waals surface area contributed by atoms with Crippen molar-refractivity contribution in [3.63, 3.8) is 0 Å². The summed E-state index contributed by atoms with van der Waals surface area (Å²) < 4.78 is 2.15. The largest absolute Gasteiger partial charge is 0.280 e. The van der Waals surface area contributed by atoms with Gasteiger partial charge in [0.2, 0.25) is 0 Å². The van der Waals surface area contributed by atoms with Crippen LogP contribution < -0.4 is 11.0 Å². The van der Waals surface area contributed by atoms with E-state index in [1.807, 2.05) is 36.4 Å². The van der Waals surface area contributed by atoms with Gasteiger partial charge in [0.15, 0.2) is 0 Å². The SMILES string of the molecule is O=C(Nn1cnc2ccccc2c1=O)c1cc2ccccc2s1. The number of hydrogen-bond acceptors (Lipinski definition) is 4. The van der Waals surface area contributed by atoms with E-state index in [0.29, 0.717) is 15.8 Å². The summed E-state index contributed by atoms with van der Waals surface area (Å²) in [5, 5.41) is 1.47. The van der Waals surface area contributed by atoms with Crippen LogP contribution in [0, 0.1) is 0 Å². The second-order valence-corrected chi connectivity index (χ2v) is 6.11. The van der Waals surface area contributed by atoms with Gasteiger partial charge in [-0.05, 0) is 29.7 Å². The van der Waals surface area contributed by atoms with E-state index in [2.05, 4.69) is 10.4 Å². The number of amides is 1. The molecule has 2 aromatic heterocycles. The highest BCUT2D eigenvalue weighted by molar-refractivity contribution is 7.20. The zero-order valence-electron chi connectivity index (χ0n) is 11.9. The molecule has 1 N–H and O–H groups in total. The molecule has 2 aromatic carbocycles. The lowest BCUT2D eigenvalue weighted by Gasteiger charge is -2.07. The zero-order valence-corrected chi connectivity index (χ0v) is 12.7. The average Bonchev–Trinajstić information content (AvgIpc) is 3.02. The second-order valence-electron chi connectivity index (χ2n) is 5.03. The molecule has 0 bridgehead atoms. The van der Waals surface area contributed by atoms with Crippen LogP contribution in [0.1, 0.15) is 9.67 Å². The molecule has 0 unspecified atom stereocenters. The van der Waals surface area contributed by atoms with Gasteiger partial charge in [0.25, 0.3) is 11.5 Å². The molecule has 6 heteroatoms. The van der Waals surface area contributed by atoms with Gasteiger partial charge in [-0.1, -0.05) is 30.3 Å². The van der Waals surface area contributed by atoms with Crippen molar-refractivity contribution >= 4 is 38.2 Å². The number of rotatable bonds is 2. The molecule has 1 amide bonds. The molecule has 0 aliphatic rings. The van der Waals surface area contributed by atoms with E-state index in [0.717, 1.165) is 14.8 Å². The number of benzene rings is 2. The first-order chi connectivity index (χ1) is 11.2. The molecule has 0 saturated carbocycles. The standard InChI is InChI=1S/C17H11N3O2S/c21-16(15-9-11-5-1-4-8-14(11)23-15)19-20-10-18-13-7-3-2-6-12(13)17(20)22/h1-10H,(H,19,21). The van der Waals surface area contributed by atoms with Crippen molar-refractivity contribution < 1.29 is 4.79 Å². The van der Waals surface area contributed by atoms with Crippen molar-refractivity contribution in [3.05, 3.63) is 76.2 Å². The molecule has 0 aliphatic heterocycles. The van der Waals surface area contributed by atoms with Crippen molar-refractivity contribution in [2.24, 2.45) is 0 Å². The van der Waals surface area contributed by atoms with Crippen molar-refractivity contribution in [2.75, 3.05) is 5.43 Å². The van der Waals surface area contributed by atoms with Gasteiger partial charge in [-0.15, -0.1) is 11.3 Å². The highest BCUT2D eigenvalue weighted by Crippen LogP contribution is 2.25. The molecule has 4 rings (SSSR count). The Morgan fingerprint density at radius 1 is 1.09 bits per heavy atom. The van der Waals surface area contributed by atoms with Gasteiger partial charge < -0.3 is 0 Å². The molecule has 0 spiro atoms. The maximum absolute atomic E-state index is 12.4. The Balaban J connectivity index is 1.71. The number of thiophene rings is 1. The molecule has 0 atom stereocenters. The molecule has 0 saturated heterocycles. The normalized spacial score (nSPS) is 11.0. The monoisotopic (exact) mass is 321 g/mol. The fourth-order valence-corrected chi connectivity index (χ4v) is 3.36. The number of hydrogen-bond donors (Lipinski definition) is 1. The van der Waals surface area contributed by atoms with Gasteiger partial charge >= 0.3 is 0 Å². The van der Waals surface area contributed by atoms with Crippen molar-refractivity contribution in [3.8, 4) is 0 Å². The lowest BCUT2D eigenvalue weighted by Crippen LogP contribution is -2.32. The number of aromatic nitrogens is 2. The number of para-hydroxylation sites is 1. The minimum atomic E-state index is -0.328. The maximum Gasteiger partial charge on any atom is 0.280 e. The van der Waals surface area contributed by atoms with Crippen molar-refractivity contribution in [1.82, 2.24) is 9.66 Å². The Kier molecular flexibility index (Phi) is 3.17. The lowest BCUT2D eigenvalue weighted by atomic mass is 10.2. The van der Waals surface area contributed by atoms with E-state index in [-0.39, 0.29) is 11.5 Å². The van der Waals surface area contributed by atoms with Gasteiger partial charge in [0, 0.05) is 4.70 Å². The van der Waals surface area contributed by atoms with Crippen LogP contribution in [0.2, 0.25) is 0 Å². The van der Waals surface area contributed by atoms with Gasteiger partial charge in [0.1, 0.15) is 6.33 Å². The van der Waals surface area contributed by atoms with Gasteiger partial charge in [0.05, 0.1) is 15.8 Å². The summed E-state index contributed by atoms with van der Waals surface area (Å²) in [5.74, 6) is -0.328. The minimum Gasteiger partial charge on any atom is -0.267 e. The quantitative estimate of drug-likeness (QED) is 0.617. The molecule has 23 heavy (non-hydrogen) atoms. The first-order valence-corrected chi connectivity index (χ1v) is 7.80. The van der Waals surface area contributed by atoms with Crippen LogP contribution >= 0.6 is 11.3 Å². The average molecular weight is 321 g/mol.